The lowest BCUT2D eigenvalue weighted by Gasteiger charge is -2.12. The summed E-state index contributed by atoms with van der Waals surface area (Å²) in [4.78, 5) is 10.3. The van der Waals surface area contributed by atoms with Crippen molar-refractivity contribution >= 4 is 11.4 Å². The standard InChI is InChI=1S/C16H18N2O3/c1-12-9-15(18(19)20)7-8-16(12)17-10-13-5-3-4-6-14(13)11-21-2/h3-9,17H,10-11H2,1-2H3. The lowest BCUT2D eigenvalue weighted by atomic mass is 10.1. The van der Waals surface area contributed by atoms with Crippen LogP contribution in [0.1, 0.15) is 16.7 Å². The van der Waals surface area contributed by atoms with Gasteiger partial charge in [-0.3, -0.25) is 10.1 Å². The van der Waals surface area contributed by atoms with Gasteiger partial charge >= 0.3 is 0 Å². The van der Waals surface area contributed by atoms with Gasteiger partial charge in [-0.2, -0.15) is 0 Å². The molecule has 0 spiro atoms. The normalized spacial score (nSPS) is 10.4. The van der Waals surface area contributed by atoms with Crippen LogP contribution in [0.15, 0.2) is 42.5 Å². The first-order valence-corrected chi connectivity index (χ1v) is 6.66. The second kappa shape index (κ2) is 6.85. The first kappa shape index (κ1) is 15.0. The summed E-state index contributed by atoms with van der Waals surface area (Å²) in [6, 6.07) is 12.9. The third-order valence-electron chi connectivity index (χ3n) is 3.31. The molecular formula is C16H18N2O3. The van der Waals surface area contributed by atoms with E-state index < -0.39 is 0 Å². The molecule has 21 heavy (non-hydrogen) atoms. The zero-order valence-corrected chi connectivity index (χ0v) is 12.1. The third kappa shape index (κ3) is 3.79. The van der Waals surface area contributed by atoms with Gasteiger partial charge in [-0.05, 0) is 29.7 Å². The molecule has 0 radical (unpaired) electrons. The molecule has 2 rings (SSSR count). The molecule has 0 bridgehead atoms. The van der Waals surface area contributed by atoms with E-state index in [-0.39, 0.29) is 10.6 Å². The minimum absolute atomic E-state index is 0.109. The van der Waals surface area contributed by atoms with Crippen molar-refractivity contribution in [2.24, 2.45) is 0 Å². The number of nitro groups is 1. The van der Waals surface area contributed by atoms with Crippen LogP contribution in [0.2, 0.25) is 0 Å². The number of nitrogens with zero attached hydrogens (tertiary/aromatic N) is 1. The molecule has 0 atom stereocenters. The zero-order valence-electron chi connectivity index (χ0n) is 12.1. The van der Waals surface area contributed by atoms with Crippen LogP contribution in [0.3, 0.4) is 0 Å². The van der Waals surface area contributed by atoms with E-state index in [2.05, 4.69) is 5.32 Å². The molecule has 0 heterocycles. The summed E-state index contributed by atoms with van der Waals surface area (Å²) in [6.07, 6.45) is 0. The highest BCUT2D eigenvalue weighted by atomic mass is 16.6. The fourth-order valence-electron chi connectivity index (χ4n) is 2.18. The third-order valence-corrected chi connectivity index (χ3v) is 3.31. The number of benzene rings is 2. The Labute approximate surface area is 123 Å². The van der Waals surface area contributed by atoms with Crippen molar-refractivity contribution in [2.45, 2.75) is 20.1 Å². The number of hydrogen-bond donors (Lipinski definition) is 1. The quantitative estimate of drug-likeness (QED) is 0.650. The maximum Gasteiger partial charge on any atom is 0.269 e. The van der Waals surface area contributed by atoms with Gasteiger partial charge in [0, 0.05) is 31.5 Å². The first-order valence-electron chi connectivity index (χ1n) is 6.66. The minimum Gasteiger partial charge on any atom is -0.381 e. The highest BCUT2D eigenvalue weighted by Gasteiger charge is 2.08. The average Bonchev–Trinajstić information content (AvgIpc) is 2.47. The Morgan fingerprint density at radius 2 is 1.90 bits per heavy atom. The number of nitrogens with one attached hydrogen (secondary N) is 1. The molecule has 0 aromatic heterocycles. The van der Waals surface area contributed by atoms with Gasteiger partial charge in [0.05, 0.1) is 11.5 Å². The topological polar surface area (TPSA) is 64.4 Å². The van der Waals surface area contributed by atoms with Gasteiger partial charge in [0.15, 0.2) is 0 Å². The van der Waals surface area contributed by atoms with Gasteiger partial charge < -0.3 is 10.1 Å². The maximum absolute atomic E-state index is 10.7. The van der Waals surface area contributed by atoms with Crippen molar-refractivity contribution in [1.82, 2.24) is 0 Å². The highest BCUT2D eigenvalue weighted by molar-refractivity contribution is 5.55. The average molecular weight is 286 g/mol. The van der Waals surface area contributed by atoms with Crippen molar-refractivity contribution in [3.63, 3.8) is 0 Å². The Morgan fingerprint density at radius 1 is 1.19 bits per heavy atom. The second-order valence-corrected chi connectivity index (χ2v) is 4.81. The molecule has 0 amide bonds. The molecule has 2 aromatic rings. The van der Waals surface area contributed by atoms with E-state index in [9.17, 15) is 10.1 Å². The predicted octanol–water partition coefficient (Wildman–Crippen LogP) is 3.66. The Hall–Kier alpha value is -2.40. The van der Waals surface area contributed by atoms with Crippen molar-refractivity contribution < 1.29 is 9.66 Å². The SMILES string of the molecule is COCc1ccccc1CNc1ccc([N+](=O)[O-])cc1C. The molecule has 1 N–H and O–H groups in total. The van der Waals surface area contributed by atoms with E-state index >= 15 is 0 Å². The molecule has 0 fully saturated rings. The zero-order chi connectivity index (χ0) is 15.2. The Bertz CT molecular complexity index is 641. The van der Waals surface area contributed by atoms with Crippen LogP contribution in [0, 0.1) is 17.0 Å². The highest BCUT2D eigenvalue weighted by Crippen LogP contribution is 2.22. The summed E-state index contributed by atoms with van der Waals surface area (Å²) in [6.45, 7) is 3.08. The molecule has 0 saturated heterocycles. The molecule has 0 aliphatic heterocycles. The molecule has 0 aliphatic carbocycles. The van der Waals surface area contributed by atoms with Crippen molar-refractivity contribution in [3.8, 4) is 0 Å². The van der Waals surface area contributed by atoms with Crippen LogP contribution in [0.5, 0.6) is 0 Å². The lowest BCUT2D eigenvalue weighted by Crippen LogP contribution is -2.05. The monoisotopic (exact) mass is 286 g/mol. The van der Waals surface area contributed by atoms with E-state index in [1.54, 1.807) is 19.2 Å². The molecular weight excluding hydrogens is 268 g/mol. The molecule has 0 aliphatic rings. The second-order valence-electron chi connectivity index (χ2n) is 4.81. The number of anilines is 1. The Balaban J connectivity index is 2.11. The Morgan fingerprint density at radius 3 is 2.52 bits per heavy atom. The van der Waals surface area contributed by atoms with Gasteiger partial charge in [0.2, 0.25) is 0 Å². The van der Waals surface area contributed by atoms with Crippen LogP contribution >= 0.6 is 0 Å². The summed E-state index contributed by atoms with van der Waals surface area (Å²) in [5.74, 6) is 0. The van der Waals surface area contributed by atoms with E-state index in [0.29, 0.717) is 13.2 Å². The van der Waals surface area contributed by atoms with Gasteiger partial charge in [0.25, 0.3) is 5.69 Å². The summed E-state index contributed by atoms with van der Waals surface area (Å²) in [7, 11) is 1.67. The summed E-state index contributed by atoms with van der Waals surface area (Å²) < 4.78 is 5.18. The van der Waals surface area contributed by atoms with E-state index in [0.717, 1.165) is 22.4 Å². The fourth-order valence-corrected chi connectivity index (χ4v) is 2.18. The fraction of sp³-hybridized carbons (Fsp3) is 0.250. The number of nitro benzene ring substituents is 1. The number of methoxy groups -OCH3 is 1. The Kier molecular flexibility index (Phi) is 4.90. The van der Waals surface area contributed by atoms with Crippen molar-refractivity contribution in [3.05, 3.63) is 69.3 Å². The van der Waals surface area contributed by atoms with Crippen molar-refractivity contribution in [2.75, 3.05) is 12.4 Å². The smallest absolute Gasteiger partial charge is 0.269 e. The largest absolute Gasteiger partial charge is 0.381 e. The number of rotatable bonds is 6. The van der Waals surface area contributed by atoms with Crippen LogP contribution in [-0.4, -0.2) is 12.0 Å². The number of aryl methyl sites for hydroxylation is 1. The molecule has 110 valence electrons. The van der Waals surface area contributed by atoms with Crippen LogP contribution in [-0.2, 0) is 17.9 Å². The molecule has 5 nitrogen and oxygen atoms in total. The number of non-ortho nitro benzene ring substituents is 1. The molecule has 5 heteroatoms. The van der Waals surface area contributed by atoms with Gasteiger partial charge in [-0.1, -0.05) is 24.3 Å². The maximum atomic E-state index is 10.7. The number of ether oxygens (including phenoxy) is 1. The van der Waals surface area contributed by atoms with Crippen LogP contribution in [0.4, 0.5) is 11.4 Å². The van der Waals surface area contributed by atoms with Gasteiger partial charge in [0.1, 0.15) is 0 Å². The summed E-state index contributed by atoms with van der Waals surface area (Å²) >= 11 is 0. The van der Waals surface area contributed by atoms with Crippen molar-refractivity contribution in [1.29, 1.82) is 0 Å². The van der Waals surface area contributed by atoms with Crippen LogP contribution < -0.4 is 5.32 Å². The summed E-state index contributed by atoms with van der Waals surface area (Å²) in [5, 5.41) is 14.0. The van der Waals surface area contributed by atoms with Gasteiger partial charge in [-0.15, -0.1) is 0 Å². The molecule has 0 unspecified atom stereocenters. The predicted molar refractivity (Wildman–Crippen MR) is 82.3 cm³/mol. The minimum atomic E-state index is -0.384. The molecule has 2 aromatic carbocycles. The lowest BCUT2D eigenvalue weighted by molar-refractivity contribution is -0.384. The van der Waals surface area contributed by atoms with Crippen LogP contribution in [0.25, 0.3) is 0 Å². The molecule has 0 saturated carbocycles. The van der Waals surface area contributed by atoms with E-state index in [4.69, 9.17) is 4.74 Å². The van der Waals surface area contributed by atoms with E-state index in [1.165, 1.54) is 6.07 Å². The summed E-state index contributed by atoms with van der Waals surface area (Å²) in [5.41, 5.74) is 4.14. The van der Waals surface area contributed by atoms with E-state index in [1.807, 2.05) is 31.2 Å². The number of hydrogen-bond acceptors (Lipinski definition) is 4. The first-order chi connectivity index (χ1) is 10.1. The van der Waals surface area contributed by atoms with Gasteiger partial charge in [-0.25, -0.2) is 0 Å².